The maximum atomic E-state index is 4.58. The molecule has 31 heavy (non-hydrogen) atoms. The first kappa shape index (κ1) is 23.0. The summed E-state index contributed by atoms with van der Waals surface area (Å²) in [6.07, 6.45) is 3.74. The fourth-order valence-electron chi connectivity index (χ4n) is 3.71. The Balaban J connectivity index is 0.00000272. The maximum absolute atomic E-state index is 4.58. The molecular formula is C22H29IN8. The molecule has 164 valence electrons. The molecule has 1 saturated heterocycles. The zero-order valence-electron chi connectivity index (χ0n) is 18.2. The van der Waals surface area contributed by atoms with Crippen molar-refractivity contribution >= 4 is 35.8 Å². The van der Waals surface area contributed by atoms with Crippen LogP contribution in [-0.4, -0.2) is 63.8 Å². The molecule has 1 fully saturated rings. The summed E-state index contributed by atoms with van der Waals surface area (Å²) in [7, 11) is 1.83. The number of piperazine rings is 1. The molecule has 4 rings (SSSR count). The van der Waals surface area contributed by atoms with E-state index in [1.54, 1.807) is 0 Å². The van der Waals surface area contributed by atoms with Crippen molar-refractivity contribution in [2.24, 2.45) is 4.99 Å². The lowest BCUT2D eigenvalue weighted by Gasteiger charge is -2.37. The van der Waals surface area contributed by atoms with Crippen molar-refractivity contribution in [3.05, 3.63) is 65.7 Å². The Hall–Kier alpha value is -2.69. The highest BCUT2D eigenvalue weighted by Gasteiger charge is 2.20. The van der Waals surface area contributed by atoms with Crippen LogP contribution in [0.1, 0.15) is 17.0 Å². The zero-order valence-corrected chi connectivity index (χ0v) is 20.5. The Kier molecular flexibility index (Phi) is 7.83. The van der Waals surface area contributed by atoms with E-state index in [1.807, 2.05) is 56.2 Å². The van der Waals surface area contributed by atoms with E-state index in [2.05, 4.69) is 53.4 Å². The van der Waals surface area contributed by atoms with Crippen LogP contribution in [0.5, 0.6) is 0 Å². The van der Waals surface area contributed by atoms with Crippen LogP contribution in [-0.2, 0) is 6.54 Å². The molecule has 1 aliphatic rings. The summed E-state index contributed by atoms with van der Waals surface area (Å²) in [6.45, 7) is 8.37. The van der Waals surface area contributed by atoms with Crippen LogP contribution >= 0.6 is 24.0 Å². The summed E-state index contributed by atoms with van der Waals surface area (Å²) in [5.74, 6) is 2.78. The minimum absolute atomic E-state index is 0. The second-order valence-corrected chi connectivity index (χ2v) is 7.43. The molecule has 0 aromatic carbocycles. The number of hydrogen-bond donors (Lipinski definition) is 1. The Labute approximate surface area is 200 Å². The third-order valence-corrected chi connectivity index (χ3v) is 5.25. The van der Waals surface area contributed by atoms with Gasteiger partial charge in [0.15, 0.2) is 11.8 Å². The number of nitrogens with one attached hydrogen (secondary N) is 1. The van der Waals surface area contributed by atoms with Crippen LogP contribution in [0.15, 0.2) is 53.8 Å². The molecule has 3 aromatic rings. The normalized spacial score (nSPS) is 14.4. The molecule has 0 bridgehead atoms. The van der Waals surface area contributed by atoms with E-state index in [1.165, 1.54) is 0 Å². The van der Waals surface area contributed by atoms with Gasteiger partial charge in [0.2, 0.25) is 0 Å². The van der Waals surface area contributed by atoms with E-state index >= 15 is 0 Å². The summed E-state index contributed by atoms with van der Waals surface area (Å²) in [6, 6.07) is 12.2. The molecule has 3 aromatic heterocycles. The van der Waals surface area contributed by atoms with Crippen molar-refractivity contribution in [1.29, 1.82) is 0 Å². The Morgan fingerprint density at radius 3 is 2.42 bits per heavy atom. The fourth-order valence-corrected chi connectivity index (χ4v) is 3.71. The summed E-state index contributed by atoms with van der Waals surface area (Å²) in [4.78, 5) is 18.1. The van der Waals surface area contributed by atoms with Gasteiger partial charge in [0.1, 0.15) is 5.82 Å². The molecule has 0 atom stereocenters. The van der Waals surface area contributed by atoms with Gasteiger partial charge < -0.3 is 15.1 Å². The average Bonchev–Trinajstić information content (AvgIpc) is 3.13. The van der Waals surface area contributed by atoms with Crippen molar-refractivity contribution in [2.75, 3.05) is 38.1 Å². The van der Waals surface area contributed by atoms with Gasteiger partial charge in [-0.2, -0.15) is 5.10 Å². The fraction of sp³-hybridized carbons (Fsp3) is 0.364. The highest BCUT2D eigenvalue weighted by Crippen LogP contribution is 2.13. The molecule has 0 unspecified atom stereocenters. The third-order valence-electron chi connectivity index (χ3n) is 5.25. The van der Waals surface area contributed by atoms with Gasteiger partial charge in [-0.05, 0) is 43.7 Å². The summed E-state index contributed by atoms with van der Waals surface area (Å²) in [5.41, 5.74) is 3.18. The van der Waals surface area contributed by atoms with Gasteiger partial charge in [-0.1, -0.05) is 12.1 Å². The van der Waals surface area contributed by atoms with Gasteiger partial charge in [-0.25, -0.2) is 14.6 Å². The number of nitrogens with zero attached hydrogens (tertiary/aromatic N) is 7. The molecule has 0 saturated carbocycles. The molecule has 1 N–H and O–H groups in total. The highest BCUT2D eigenvalue weighted by molar-refractivity contribution is 14.0. The first-order valence-electron chi connectivity index (χ1n) is 10.2. The van der Waals surface area contributed by atoms with Crippen molar-refractivity contribution < 1.29 is 0 Å². The first-order valence-corrected chi connectivity index (χ1v) is 10.2. The lowest BCUT2D eigenvalue weighted by molar-refractivity contribution is 0.371. The van der Waals surface area contributed by atoms with E-state index < -0.39 is 0 Å². The van der Waals surface area contributed by atoms with Crippen LogP contribution in [0.2, 0.25) is 0 Å². The highest BCUT2D eigenvalue weighted by atomic mass is 127. The molecule has 1 aliphatic heterocycles. The molecule has 0 spiro atoms. The number of hydrogen-bond acceptors (Lipinski definition) is 5. The minimum Gasteiger partial charge on any atom is -0.353 e. The predicted molar refractivity (Wildman–Crippen MR) is 134 cm³/mol. The van der Waals surface area contributed by atoms with Gasteiger partial charge >= 0.3 is 0 Å². The van der Waals surface area contributed by atoms with Gasteiger partial charge in [0.05, 0.1) is 5.69 Å². The summed E-state index contributed by atoms with van der Waals surface area (Å²) >= 11 is 0. The number of anilines is 1. The van der Waals surface area contributed by atoms with Gasteiger partial charge in [0.25, 0.3) is 0 Å². The smallest absolute Gasteiger partial charge is 0.194 e. The molecule has 0 amide bonds. The number of rotatable bonds is 4. The predicted octanol–water partition coefficient (Wildman–Crippen LogP) is 2.79. The number of aromatic nitrogens is 4. The van der Waals surface area contributed by atoms with E-state index in [-0.39, 0.29) is 24.0 Å². The van der Waals surface area contributed by atoms with Gasteiger partial charge in [0, 0.05) is 57.9 Å². The molecular weight excluding hydrogens is 503 g/mol. The standard InChI is InChI=1S/C22H28N8.HI/c1-17-14-18(2)30(27-17)21-8-7-19(15-25-21)16-26-22(23-3)29-12-10-28(11-13-29)20-6-4-5-9-24-20;/h4-9,14-15H,10-13,16H2,1-3H3,(H,23,26);1H. The SMILES string of the molecule is CN=C(NCc1ccc(-n2nc(C)cc2C)nc1)N1CCN(c2ccccn2)CC1.I. The monoisotopic (exact) mass is 532 g/mol. The number of guanidine groups is 1. The molecule has 0 radical (unpaired) electrons. The molecule has 4 heterocycles. The van der Waals surface area contributed by atoms with E-state index in [9.17, 15) is 0 Å². The molecule has 8 nitrogen and oxygen atoms in total. The van der Waals surface area contributed by atoms with Crippen molar-refractivity contribution in [1.82, 2.24) is 30.0 Å². The van der Waals surface area contributed by atoms with Crippen LogP contribution in [0.4, 0.5) is 5.82 Å². The number of pyridine rings is 2. The second kappa shape index (κ2) is 10.6. The largest absolute Gasteiger partial charge is 0.353 e. The van der Waals surface area contributed by atoms with Crippen LogP contribution in [0, 0.1) is 13.8 Å². The molecule has 0 aliphatic carbocycles. The van der Waals surface area contributed by atoms with E-state index in [4.69, 9.17) is 0 Å². The number of aliphatic imine (C=N–C) groups is 1. The van der Waals surface area contributed by atoms with Crippen molar-refractivity contribution in [2.45, 2.75) is 20.4 Å². The van der Waals surface area contributed by atoms with Crippen molar-refractivity contribution in [3.8, 4) is 5.82 Å². The summed E-state index contributed by atoms with van der Waals surface area (Å²) < 4.78 is 1.87. The van der Waals surface area contributed by atoms with Crippen LogP contribution < -0.4 is 10.2 Å². The van der Waals surface area contributed by atoms with E-state index in [0.717, 1.165) is 60.7 Å². The number of halogens is 1. The van der Waals surface area contributed by atoms with Gasteiger partial charge in [-0.15, -0.1) is 24.0 Å². The number of aryl methyl sites for hydroxylation is 2. The first-order chi connectivity index (χ1) is 14.6. The lowest BCUT2D eigenvalue weighted by atomic mass is 10.2. The van der Waals surface area contributed by atoms with Crippen molar-refractivity contribution in [3.63, 3.8) is 0 Å². The zero-order chi connectivity index (χ0) is 20.9. The Morgan fingerprint density at radius 2 is 1.84 bits per heavy atom. The maximum Gasteiger partial charge on any atom is 0.194 e. The quantitative estimate of drug-likeness (QED) is 0.317. The Bertz CT molecular complexity index is 992. The molecule has 9 heteroatoms. The minimum atomic E-state index is 0. The van der Waals surface area contributed by atoms with Gasteiger partial charge in [-0.3, -0.25) is 4.99 Å². The average molecular weight is 532 g/mol. The lowest BCUT2D eigenvalue weighted by Crippen LogP contribution is -2.52. The van der Waals surface area contributed by atoms with Crippen LogP contribution in [0.25, 0.3) is 5.82 Å². The topological polar surface area (TPSA) is 74.5 Å². The van der Waals surface area contributed by atoms with E-state index in [0.29, 0.717) is 6.54 Å². The third kappa shape index (κ3) is 5.52. The van der Waals surface area contributed by atoms with Crippen LogP contribution in [0.3, 0.4) is 0 Å². The second-order valence-electron chi connectivity index (χ2n) is 7.43. The Morgan fingerprint density at radius 1 is 1.03 bits per heavy atom. The summed E-state index contributed by atoms with van der Waals surface area (Å²) in [5, 5.41) is 7.96.